The smallest absolute Gasteiger partial charge is 0.224 e. The molecule has 0 bridgehead atoms. The molecule has 1 aromatic heterocycles. The highest BCUT2D eigenvalue weighted by Gasteiger charge is 2.45. The van der Waals surface area contributed by atoms with Gasteiger partial charge in [0.2, 0.25) is 5.91 Å². The Kier molecular flexibility index (Phi) is 4.13. The minimum Gasteiger partial charge on any atom is -0.396 e. The molecule has 4 unspecified atom stereocenters. The average molecular weight is 293 g/mol. The van der Waals surface area contributed by atoms with Crippen LogP contribution in [0.4, 0.5) is 0 Å². The van der Waals surface area contributed by atoms with Gasteiger partial charge in [0, 0.05) is 40.2 Å². The van der Waals surface area contributed by atoms with Gasteiger partial charge in [0.25, 0.3) is 0 Å². The summed E-state index contributed by atoms with van der Waals surface area (Å²) in [6.07, 6.45) is 5.40. The fourth-order valence-corrected chi connectivity index (χ4v) is 4.41. The zero-order chi connectivity index (χ0) is 14.1. The molecule has 2 aliphatic carbocycles. The van der Waals surface area contributed by atoms with Gasteiger partial charge < -0.3 is 10.4 Å². The zero-order valence-corrected chi connectivity index (χ0v) is 12.8. The molecule has 20 heavy (non-hydrogen) atoms. The number of carbonyl (C=O) groups is 1. The Morgan fingerprint density at radius 2 is 2.20 bits per heavy atom. The molecule has 2 fully saturated rings. The molecule has 0 aromatic carbocycles. The van der Waals surface area contributed by atoms with Crippen LogP contribution < -0.4 is 5.32 Å². The summed E-state index contributed by atoms with van der Waals surface area (Å²) in [5.41, 5.74) is 0. The number of amides is 1. The number of nitrogens with one attached hydrogen (secondary N) is 1. The first-order chi connectivity index (χ1) is 9.69. The number of thiophene rings is 1. The van der Waals surface area contributed by atoms with E-state index in [0.717, 1.165) is 19.3 Å². The third kappa shape index (κ3) is 2.91. The molecule has 1 aromatic rings. The normalized spacial score (nSPS) is 32.9. The van der Waals surface area contributed by atoms with Gasteiger partial charge in [-0.3, -0.25) is 4.79 Å². The molecule has 0 saturated heterocycles. The van der Waals surface area contributed by atoms with E-state index in [9.17, 15) is 9.90 Å². The summed E-state index contributed by atoms with van der Waals surface area (Å²) in [6, 6.07) is 4.48. The van der Waals surface area contributed by atoms with Crippen LogP contribution >= 0.6 is 11.3 Å². The molecule has 2 saturated carbocycles. The molecule has 1 heterocycles. The van der Waals surface area contributed by atoms with Gasteiger partial charge in [-0.05, 0) is 38.3 Å². The second kappa shape index (κ2) is 5.86. The maximum Gasteiger partial charge on any atom is 0.224 e. The van der Waals surface area contributed by atoms with Crippen LogP contribution in [0.1, 0.15) is 47.8 Å². The minimum atomic E-state index is 0.161. The van der Waals surface area contributed by atoms with Gasteiger partial charge in [-0.1, -0.05) is 12.8 Å². The SMILES string of the molecule is Cc1ccc(C2CC2C(=O)NC2CCCCC2CO)s1. The van der Waals surface area contributed by atoms with Crippen molar-refractivity contribution in [1.29, 1.82) is 0 Å². The van der Waals surface area contributed by atoms with E-state index in [0.29, 0.717) is 5.92 Å². The summed E-state index contributed by atoms with van der Waals surface area (Å²) in [4.78, 5) is 15.0. The largest absolute Gasteiger partial charge is 0.396 e. The van der Waals surface area contributed by atoms with E-state index in [-0.39, 0.29) is 30.4 Å². The lowest BCUT2D eigenvalue weighted by Crippen LogP contribution is -2.44. The molecule has 110 valence electrons. The van der Waals surface area contributed by atoms with Crippen LogP contribution in [-0.4, -0.2) is 23.7 Å². The van der Waals surface area contributed by atoms with Gasteiger partial charge in [0.1, 0.15) is 0 Å². The average Bonchev–Trinajstić information content (AvgIpc) is 3.15. The van der Waals surface area contributed by atoms with E-state index in [2.05, 4.69) is 24.4 Å². The number of hydrogen-bond donors (Lipinski definition) is 2. The fraction of sp³-hybridized carbons (Fsp3) is 0.688. The van der Waals surface area contributed by atoms with Crippen LogP contribution in [0, 0.1) is 18.8 Å². The first-order valence-corrected chi connectivity index (χ1v) is 8.48. The van der Waals surface area contributed by atoms with E-state index in [1.54, 1.807) is 0 Å². The Morgan fingerprint density at radius 3 is 2.90 bits per heavy atom. The van der Waals surface area contributed by atoms with Crippen molar-refractivity contribution in [2.24, 2.45) is 11.8 Å². The molecular formula is C16H23NO2S. The van der Waals surface area contributed by atoms with Crippen molar-refractivity contribution >= 4 is 17.2 Å². The van der Waals surface area contributed by atoms with Crippen molar-refractivity contribution in [2.45, 2.75) is 51.0 Å². The van der Waals surface area contributed by atoms with Gasteiger partial charge in [-0.15, -0.1) is 11.3 Å². The molecule has 2 aliphatic rings. The van der Waals surface area contributed by atoms with E-state index in [1.807, 2.05) is 11.3 Å². The number of rotatable bonds is 4. The summed E-state index contributed by atoms with van der Waals surface area (Å²) >= 11 is 1.81. The van der Waals surface area contributed by atoms with Crippen LogP contribution in [-0.2, 0) is 4.79 Å². The van der Waals surface area contributed by atoms with Gasteiger partial charge in [-0.2, -0.15) is 0 Å². The molecule has 4 heteroatoms. The topological polar surface area (TPSA) is 49.3 Å². The van der Waals surface area contributed by atoms with Crippen molar-refractivity contribution in [2.75, 3.05) is 6.61 Å². The quantitative estimate of drug-likeness (QED) is 0.897. The lowest BCUT2D eigenvalue weighted by molar-refractivity contribution is -0.123. The van der Waals surface area contributed by atoms with Gasteiger partial charge in [0.15, 0.2) is 0 Å². The van der Waals surface area contributed by atoms with Gasteiger partial charge >= 0.3 is 0 Å². The summed E-state index contributed by atoms with van der Waals surface area (Å²) in [5.74, 6) is 1.06. The number of carbonyl (C=O) groups excluding carboxylic acids is 1. The highest BCUT2D eigenvalue weighted by molar-refractivity contribution is 7.12. The molecule has 0 spiro atoms. The van der Waals surface area contributed by atoms with Crippen LogP contribution in [0.2, 0.25) is 0 Å². The molecule has 2 N–H and O–H groups in total. The Labute approximate surface area is 124 Å². The van der Waals surface area contributed by atoms with Crippen LogP contribution in [0.15, 0.2) is 12.1 Å². The Balaban J connectivity index is 1.55. The number of aliphatic hydroxyl groups excluding tert-OH is 1. The Hall–Kier alpha value is -0.870. The van der Waals surface area contributed by atoms with E-state index >= 15 is 0 Å². The maximum absolute atomic E-state index is 12.3. The summed E-state index contributed by atoms with van der Waals surface area (Å²) < 4.78 is 0. The minimum absolute atomic E-state index is 0.161. The van der Waals surface area contributed by atoms with Crippen molar-refractivity contribution in [3.05, 3.63) is 21.9 Å². The second-order valence-electron chi connectivity index (χ2n) is 6.24. The highest BCUT2D eigenvalue weighted by Crippen LogP contribution is 2.49. The number of hydrogen-bond acceptors (Lipinski definition) is 3. The predicted molar refractivity (Wildman–Crippen MR) is 80.9 cm³/mol. The Morgan fingerprint density at radius 1 is 1.40 bits per heavy atom. The monoisotopic (exact) mass is 293 g/mol. The molecular weight excluding hydrogens is 270 g/mol. The lowest BCUT2D eigenvalue weighted by Gasteiger charge is -2.30. The lowest BCUT2D eigenvalue weighted by atomic mass is 9.85. The first kappa shape index (κ1) is 14.1. The summed E-state index contributed by atoms with van der Waals surface area (Å²) in [6.45, 7) is 2.31. The highest BCUT2D eigenvalue weighted by atomic mass is 32.1. The van der Waals surface area contributed by atoms with Crippen molar-refractivity contribution in [3.8, 4) is 0 Å². The van der Waals surface area contributed by atoms with Gasteiger partial charge in [-0.25, -0.2) is 0 Å². The third-order valence-electron chi connectivity index (χ3n) is 4.73. The van der Waals surface area contributed by atoms with Crippen molar-refractivity contribution in [3.63, 3.8) is 0 Å². The predicted octanol–water partition coefficient (Wildman–Crippen LogP) is 2.83. The molecule has 4 atom stereocenters. The van der Waals surface area contributed by atoms with Gasteiger partial charge in [0.05, 0.1) is 0 Å². The van der Waals surface area contributed by atoms with Crippen LogP contribution in [0.25, 0.3) is 0 Å². The van der Waals surface area contributed by atoms with E-state index in [4.69, 9.17) is 0 Å². The third-order valence-corrected chi connectivity index (χ3v) is 5.86. The van der Waals surface area contributed by atoms with E-state index < -0.39 is 0 Å². The van der Waals surface area contributed by atoms with Crippen molar-refractivity contribution < 1.29 is 9.90 Å². The molecule has 1 amide bonds. The van der Waals surface area contributed by atoms with E-state index in [1.165, 1.54) is 22.6 Å². The summed E-state index contributed by atoms with van der Waals surface area (Å²) in [5, 5.41) is 12.6. The van der Waals surface area contributed by atoms with Crippen LogP contribution in [0.3, 0.4) is 0 Å². The number of aliphatic hydroxyl groups is 1. The first-order valence-electron chi connectivity index (χ1n) is 7.66. The second-order valence-corrected chi connectivity index (χ2v) is 7.56. The summed E-state index contributed by atoms with van der Waals surface area (Å²) in [7, 11) is 0. The van der Waals surface area contributed by atoms with Crippen molar-refractivity contribution in [1.82, 2.24) is 5.32 Å². The standard InChI is InChI=1S/C16H23NO2S/c1-10-6-7-15(20-10)12-8-13(12)16(19)17-14-5-3-2-4-11(14)9-18/h6-7,11-14,18H,2-5,8-9H2,1H3,(H,17,19). The van der Waals surface area contributed by atoms with Crippen LogP contribution in [0.5, 0.6) is 0 Å². The molecule has 0 radical (unpaired) electrons. The molecule has 0 aliphatic heterocycles. The zero-order valence-electron chi connectivity index (χ0n) is 12.0. The maximum atomic E-state index is 12.3. The molecule has 3 nitrogen and oxygen atoms in total. The molecule has 3 rings (SSSR count). The Bertz CT molecular complexity index is 485. The fourth-order valence-electron chi connectivity index (χ4n) is 3.36. The number of aryl methyl sites for hydroxylation is 1.